The number of carbonyl (C=O) groups excluding carboxylic acids is 1. The zero-order chi connectivity index (χ0) is 18.5. The highest BCUT2D eigenvalue weighted by Gasteiger charge is 2.53. The predicted molar refractivity (Wildman–Crippen MR) is 95.9 cm³/mol. The van der Waals surface area contributed by atoms with E-state index in [9.17, 15) is 9.18 Å². The number of methoxy groups -OCH3 is 1. The van der Waals surface area contributed by atoms with Crippen LogP contribution in [0.15, 0.2) is 18.3 Å². The molecule has 5 nitrogen and oxygen atoms in total. The minimum Gasteiger partial charge on any atom is -0.497 e. The van der Waals surface area contributed by atoms with Gasteiger partial charge in [-0.25, -0.2) is 4.39 Å². The summed E-state index contributed by atoms with van der Waals surface area (Å²) in [7, 11) is 1.56. The van der Waals surface area contributed by atoms with Crippen molar-refractivity contribution in [2.75, 3.05) is 13.7 Å². The van der Waals surface area contributed by atoms with E-state index in [1.54, 1.807) is 13.2 Å². The molecule has 1 atom stereocenters. The van der Waals surface area contributed by atoms with E-state index in [1.807, 2.05) is 13.0 Å². The second kappa shape index (κ2) is 5.99. The van der Waals surface area contributed by atoms with Crippen LogP contribution in [0.3, 0.4) is 0 Å². The van der Waals surface area contributed by atoms with Crippen LogP contribution in [0.25, 0.3) is 10.9 Å². The first kappa shape index (κ1) is 17.4. The first-order valence-electron chi connectivity index (χ1n) is 8.92. The van der Waals surface area contributed by atoms with E-state index in [1.165, 1.54) is 6.20 Å². The maximum atomic E-state index is 14.9. The summed E-state index contributed by atoms with van der Waals surface area (Å²) in [6.45, 7) is 2.30. The van der Waals surface area contributed by atoms with Gasteiger partial charge in [-0.3, -0.25) is 4.98 Å². The Bertz CT molecular complexity index is 858. The smallest absolute Gasteiger partial charge is 0.146 e. The maximum Gasteiger partial charge on any atom is 0.146 e. The topological polar surface area (TPSA) is 74.4 Å². The molecule has 3 heterocycles. The number of rotatable bonds is 4. The molecule has 0 spiro atoms. The molecule has 1 saturated carbocycles. The Kier molecular flexibility index (Phi) is 4.00. The summed E-state index contributed by atoms with van der Waals surface area (Å²) in [6.07, 6.45) is 4.89. The number of carbonyl (C=O) groups is 1. The van der Waals surface area contributed by atoms with Gasteiger partial charge in [-0.1, -0.05) is 0 Å². The molecule has 2 N–H and O–H groups in total. The number of aromatic nitrogens is 1. The van der Waals surface area contributed by atoms with Gasteiger partial charge in [-0.15, -0.1) is 0 Å². The number of pyridine rings is 1. The number of hydrogen-bond acceptors (Lipinski definition) is 5. The number of ether oxygens (including phenoxy) is 2. The molecule has 2 aromatic rings. The Morgan fingerprint density at radius 3 is 2.65 bits per heavy atom. The number of fused-ring (bicyclic) bond motifs is 4. The lowest BCUT2D eigenvalue weighted by atomic mass is 9.65. The molecular formula is C20H23FN2O3. The van der Waals surface area contributed by atoms with Crippen LogP contribution in [0.4, 0.5) is 4.39 Å². The summed E-state index contributed by atoms with van der Waals surface area (Å²) < 4.78 is 26.4. The van der Waals surface area contributed by atoms with Crippen molar-refractivity contribution in [2.45, 2.75) is 49.7 Å². The van der Waals surface area contributed by atoms with Gasteiger partial charge in [0.05, 0.1) is 36.9 Å². The Morgan fingerprint density at radius 2 is 2.08 bits per heavy atom. The van der Waals surface area contributed by atoms with Crippen LogP contribution in [0, 0.1) is 12.7 Å². The predicted octanol–water partition coefficient (Wildman–Crippen LogP) is 3.01. The quantitative estimate of drug-likeness (QED) is 0.851. The fraction of sp³-hybridized carbons (Fsp3) is 0.500. The van der Waals surface area contributed by atoms with Gasteiger partial charge in [-0.05, 0) is 50.3 Å². The van der Waals surface area contributed by atoms with Crippen molar-refractivity contribution in [2.24, 2.45) is 5.73 Å². The van der Waals surface area contributed by atoms with Crippen molar-refractivity contribution in [3.05, 3.63) is 35.3 Å². The van der Waals surface area contributed by atoms with Gasteiger partial charge in [0, 0.05) is 16.5 Å². The molecule has 1 aliphatic carbocycles. The molecule has 1 unspecified atom stereocenters. The van der Waals surface area contributed by atoms with E-state index < -0.39 is 17.3 Å². The molecule has 26 heavy (non-hydrogen) atoms. The number of halogens is 1. The Labute approximate surface area is 151 Å². The second-order valence-corrected chi connectivity index (χ2v) is 7.69. The summed E-state index contributed by atoms with van der Waals surface area (Å²) in [5, 5.41) is 0.604. The number of aldehydes is 1. The summed E-state index contributed by atoms with van der Waals surface area (Å²) >= 11 is 0. The van der Waals surface area contributed by atoms with E-state index in [-0.39, 0.29) is 5.54 Å². The number of aryl methyl sites for hydroxylation is 1. The average Bonchev–Trinajstić information content (AvgIpc) is 2.65. The fourth-order valence-electron chi connectivity index (χ4n) is 4.48. The van der Waals surface area contributed by atoms with Crippen LogP contribution in [0.2, 0.25) is 0 Å². The molecule has 0 amide bonds. The van der Waals surface area contributed by atoms with Crippen molar-refractivity contribution >= 4 is 17.2 Å². The molecule has 1 aromatic carbocycles. The van der Waals surface area contributed by atoms with Crippen molar-refractivity contribution in [3.8, 4) is 5.75 Å². The largest absolute Gasteiger partial charge is 0.497 e. The molecule has 2 saturated heterocycles. The van der Waals surface area contributed by atoms with Gasteiger partial charge in [0.25, 0.3) is 0 Å². The average molecular weight is 358 g/mol. The van der Waals surface area contributed by atoms with Crippen LogP contribution in [-0.4, -0.2) is 36.1 Å². The zero-order valence-corrected chi connectivity index (χ0v) is 15.0. The third-order valence-electron chi connectivity index (χ3n) is 6.12. The minimum atomic E-state index is -0.704. The van der Waals surface area contributed by atoms with Crippen LogP contribution in [0.1, 0.15) is 42.7 Å². The van der Waals surface area contributed by atoms with Crippen molar-refractivity contribution in [3.63, 3.8) is 0 Å². The lowest BCUT2D eigenvalue weighted by molar-refractivity contribution is -0.167. The highest BCUT2D eigenvalue weighted by molar-refractivity contribution is 5.89. The van der Waals surface area contributed by atoms with Crippen molar-refractivity contribution < 1.29 is 18.7 Å². The molecule has 3 aliphatic rings. The first-order chi connectivity index (χ1) is 12.4. The first-order valence-corrected chi connectivity index (χ1v) is 8.92. The van der Waals surface area contributed by atoms with Crippen molar-refractivity contribution in [1.29, 1.82) is 0 Å². The monoisotopic (exact) mass is 358 g/mol. The lowest BCUT2D eigenvalue weighted by Gasteiger charge is -2.53. The molecule has 0 radical (unpaired) electrons. The highest BCUT2D eigenvalue weighted by atomic mass is 19.1. The fourth-order valence-corrected chi connectivity index (χ4v) is 4.48. The van der Waals surface area contributed by atoms with Crippen LogP contribution < -0.4 is 10.5 Å². The number of nitrogens with two attached hydrogens (primary N) is 1. The van der Waals surface area contributed by atoms with Gasteiger partial charge in [0.1, 0.15) is 17.9 Å². The van der Waals surface area contributed by atoms with E-state index in [0.29, 0.717) is 41.7 Å². The summed E-state index contributed by atoms with van der Waals surface area (Å²) in [5.74, 6) is -0.584. The summed E-state index contributed by atoms with van der Waals surface area (Å²) in [4.78, 5) is 16.4. The molecule has 3 fully saturated rings. The Balaban J connectivity index is 1.90. The van der Waals surface area contributed by atoms with Gasteiger partial charge in [0.15, 0.2) is 0 Å². The summed E-state index contributed by atoms with van der Waals surface area (Å²) in [6, 6.07) is 3.60. The minimum absolute atomic E-state index is 0.312. The van der Waals surface area contributed by atoms with Gasteiger partial charge in [-0.2, -0.15) is 0 Å². The zero-order valence-electron chi connectivity index (χ0n) is 15.0. The van der Waals surface area contributed by atoms with Gasteiger partial charge >= 0.3 is 0 Å². The maximum absolute atomic E-state index is 14.9. The van der Waals surface area contributed by atoms with E-state index in [0.717, 1.165) is 24.7 Å². The van der Waals surface area contributed by atoms with Crippen molar-refractivity contribution in [1.82, 2.24) is 4.98 Å². The van der Waals surface area contributed by atoms with Crippen LogP contribution >= 0.6 is 0 Å². The summed E-state index contributed by atoms with van der Waals surface area (Å²) in [5.41, 5.74) is 7.18. The number of nitrogens with zero attached hydrogens (tertiary/aromatic N) is 1. The Morgan fingerprint density at radius 1 is 1.35 bits per heavy atom. The van der Waals surface area contributed by atoms with Crippen LogP contribution in [0.5, 0.6) is 5.75 Å². The number of hydrogen-bond donors (Lipinski definition) is 1. The SMILES string of the molecule is COc1cc(C)c2ncc(F)c(C(C=O)C34CCC(N)(CC3)CO4)c2c1. The third-order valence-corrected chi connectivity index (χ3v) is 6.12. The second-order valence-electron chi connectivity index (χ2n) is 7.69. The van der Waals surface area contributed by atoms with Gasteiger partial charge in [0.2, 0.25) is 0 Å². The van der Waals surface area contributed by atoms with E-state index >= 15 is 0 Å². The molecule has 138 valence electrons. The molecule has 5 rings (SSSR count). The van der Waals surface area contributed by atoms with Gasteiger partial charge < -0.3 is 20.0 Å². The molecular weight excluding hydrogens is 335 g/mol. The Hall–Kier alpha value is -2.05. The normalized spacial score (nSPS) is 28.9. The van der Waals surface area contributed by atoms with E-state index in [4.69, 9.17) is 15.2 Å². The standard InChI is InChI=1S/C20H23FN2O3/c1-12-7-13(25-2)8-14-17(16(21)9-23-18(12)14)15(10-24)20-5-3-19(22,4-6-20)11-26-20/h7-10,15H,3-6,11,22H2,1-2H3. The molecule has 6 heteroatoms. The van der Waals surface area contributed by atoms with Crippen LogP contribution in [-0.2, 0) is 9.53 Å². The lowest BCUT2D eigenvalue weighted by Crippen LogP contribution is -2.61. The molecule has 1 aromatic heterocycles. The molecule has 2 aliphatic heterocycles. The molecule has 2 bridgehead atoms. The highest BCUT2D eigenvalue weighted by Crippen LogP contribution is 2.50. The van der Waals surface area contributed by atoms with E-state index in [2.05, 4.69) is 4.98 Å². The third kappa shape index (κ3) is 2.51. The number of benzene rings is 1.